The van der Waals surface area contributed by atoms with Crippen molar-refractivity contribution in [1.82, 2.24) is 4.90 Å². The van der Waals surface area contributed by atoms with E-state index >= 15 is 0 Å². The number of fused-ring (bicyclic) bond motifs is 3. The Morgan fingerprint density at radius 1 is 1.31 bits per heavy atom. The van der Waals surface area contributed by atoms with Crippen LogP contribution in [0.2, 0.25) is 5.02 Å². The minimum atomic E-state index is 0.243. The first-order valence-electron chi connectivity index (χ1n) is 6.04. The molecule has 0 aromatic heterocycles. The van der Waals surface area contributed by atoms with E-state index in [0.717, 1.165) is 24.4 Å². The summed E-state index contributed by atoms with van der Waals surface area (Å²) in [5.74, 6) is 0. The summed E-state index contributed by atoms with van der Waals surface area (Å²) in [5.41, 5.74) is 8.96. The zero-order chi connectivity index (χ0) is 11.1. The van der Waals surface area contributed by atoms with Crippen molar-refractivity contribution >= 4 is 11.6 Å². The molecule has 1 aromatic carbocycles. The molecule has 0 saturated carbocycles. The van der Waals surface area contributed by atoms with E-state index in [0.29, 0.717) is 6.04 Å². The van der Waals surface area contributed by atoms with E-state index in [-0.39, 0.29) is 6.04 Å². The lowest BCUT2D eigenvalue weighted by atomic mass is 9.84. The van der Waals surface area contributed by atoms with Gasteiger partial charge in [0.25, 0.3) is 0 Å². The molecule has 0 amide bonds. The fourth-order valence-electron chi connectivity index (χ4n) is 3.14. The van der Waals surface area contributed by atoms with Crippen molar-refractivity contribution in [2.45, 2.75) is 31.3 Å². The van der Waals surface area contributed by atoms with E-state index in [4.69, 9.17) is 17.3 Å². The number of hydrogen-bond donors (Lipinski definition) is 1. The minimum Gasteiger partial charge on any atom is -0.326 e. The highest BCUT2D eigenvalue weighted by atomic mass is 35.5. The molecule has 0 spiro atoms. The van der Waals surface area contributed by atoms with Gasteiger partial charge in [-0.25, -0.2) is 0 Å². The van der Waals surface area contributed by atoms with Crippen molar-refractivity contribution in [3.05, 3.63) is 34.3 Å². The smallest absolute Gasteiger partial charge is 0.0516 e. The molecule has 2 nitrogen and oxygen atoms in total. The number of nitrogens with zero attached hydrogens (tertiary/aromatic N) is 1. The van der Waals surface area contributed by atoms with Gasteiger partial charge in [-0.3, -0.25) is 4.90 Å². The molecule has 2 aliphatic rings. The molecule has 3 heteroatoms. The van der Waals surface area contributed by atoms with Crippen LogP contribution in [0, 0.1) is 0 Å². The zero-order valence-electron chi connectivity index (χ0n) is 9.32. The van der Waals surface area contributed by atoms with Crippen molar-refractivity contribution in [2.75, 3.05) is 13.1 Å². The third kappa shape index (κ3) is 1.56. The second kappa shape index (κ2) is 4.02. The monoisotopic (exact) mass is 236 g/mol. The molecule has 0 aliphatic carbocycles. The van der Waals surface area contributed by atoms with Crippen LogP contribution >= 0.6 is 11.6 Å². The van der Waals surface area contributed by atoms with Gasteiger partial charge in [0.1, 0.15) is 0 Å². The van der Waals surface area contributed by atoms with Gasteiger partial charge in [0.2, 0.25) is 0 Å². The van der Waals surface area contributed by atoms with Crippen molar-refractivity contribution in [1.29, 1.82) is 0 Å². The van der Waals surface area contributed by atoms with Gasteiger partial charge in [-0.2, -0.15) is 0 Å². The Hall–Kier alpha value is -0.570. The average molecular weight is 237 g/mol. The van der Waals surface area contributed by atoms with Crippen molar-refractivity contribution in [2.24, 2.45) is 5.73 Å². The van der Waals surface area contributed by atoms with Gasteiger partial charge in [0, 0.05) is 17.6 Å². The number of benzene rings is 1. The summed E-state index contributed by atoms with van der Waals surface area (Å²) in [5, 5.41) is 0.893. The first-order valence-corrected chi connectivity index (χ1v) is 6.42. The molecule has 2 unspecified atom stereocenters. The third-order valence-electron chi connectivity index (χ3n) is 3.89. The molecule has 2 aliphatic heterocycles. The molecule has 2 heterocycles. The van der Waals surface area contributed by atoms with E-state index in [1.165, 1.54) is 24.1 Å². The number of halogens is 1. The first-order chi connectivity index (χ1) is 7.77. The summed E-state index contributed by atoms with van der Waals surface area (Å²) in [4.78, 5) is 2.50. The first kappa shape index (κ1) is 10.6. The maximum Gasteiger partial charge on any atom is 0.0516 e. The van der Waals surface area contributed by atoms with Crippen LogP contribution in [0.25, 0.3) is 0 Å². The van der Waals surface area contributed by atoms with Gasteiger partial charge in [0.05, 0.1) is 6.04 Å². The number of hydrogen-bond acceptors (Lipinski definition) is 2. The lowest BCUT2D eigenvalue weighted by molar-refractivity contribution is 0.119. The Balaban J connectivity index is 2.08. The molecule has 1 fully saturated rings. The highest BCUT2D eigenvalue weighted by Gasteiger charge is 2.35. The Morgan fingerprint density at radius 2 is 2.19 bits per heavy atom. The molecule has 1 aromatic rings. The van der Waals surface area contributed by atoms with E-state index in [1.54, 1.807) is 0 Å². The highest BCUT2D eigenvalue weighted by molar-refractivity contribution is 6.31. The molecule has 2 atom stereocenters. The summed E-state index contributed by atoms with van der Waals surface area (Å²) in [7, 11) is 0. The minimum absolute atomic E-state index is 0.243. The third-order valence-corrected chi connectivity index (χ3v) is 4.22. The van der Waals surface area contributed by atoms with E-state index < -0.39 is 0 Å². The van der Waals surface area contributed by atoms with Crippen LogP contribution in [0.1, 0.15) is 30.0 Å². The Bertz CT molecular complexity index is 405. The molecule has 86 valence electrons. The fourth-order valence-corrected chi connectivity index (χ4v) is 3.45. The van der Waals surface area contributed by atoms with Gasteiger partial charge in [-0.1, -0.05) is 23.7 Å². The van der Waals surface area contributed by atoms with Crippen molar-refractivity contribution in [3.63, 3.8) is 0 Å². The fraction of sp³-hybridized carbons (Fsp3) is 0.538. The van der Waals surface area contributed by atoms with E-state index in [9.17, 15) is 0 Å². The largest absolute Gasteiger partial charge is 0.326 e. The lowest BCUT2D eigenvalue weighted by Crippen LogP contribution is -2.49. The quantitative estimate of drug-likeness (QED) is 0.750. The summed E-state index contributed by atoms with van der Waals surface area (Å²) in [6.45, 7) is 2.30. The van der Waals surface area contributed by atoms with Gasteiger partial charge in [0.15, 0.2) is 0 Å². The van der Waals surface area contributed by atoms with Crippen LogP contribution < -0.4 is 5.73 Å². The van der Waals surface area contributed by atoms with Crippen LogP contribution in [0.5, 0.6) is 0 Å². The normalized spacial score (nSPS) is 29.6. The second-order valence-electron chi connectivity index (χ2n) is 4.85. The summed E-state index contributed by atoms with van der Waals surface area (Å²) < 4.78 is 0. The molecule has 3 rings (SSSR count). The summed E-state index contributed by atoms with van der Waals surface area (Å²) in [6.07, 6.45) is 3.45. The second-order valence-corrected chi connectivity index (χ2v) is 5.26. The number of nitrogens with two attached hydrogens (primary N) is 1. The average Bonchev–Trinajstić information content (AvgIpc) is 2.29. The Labute approximate surface area is 101 Å². The highest BCUT2D eigenvalue weighted by Crippen LogP contribution is 2.39. The van der Waals surface area contributed by atoms with Crippen LogP contribution in [-0.2, 0) is 6.42 Å². The number of piperidine rings is 1. The molecule has 16 heavy (non-hydrogen) atoms. The van der Waals surface area contributed by atoms with Gasteiger partial charge < -0.3 is 5.73 Å². The van der Waals surface area contributed by atoms with Crippen LogP contribution in [0.15, 0.2) is 18.2 Å². The zero-order valence-corrected chi connectivity index (χ0v) is 10.1. The molecule has 0 bridgehead atoms. The van der Waals surface area contributed by atoms with Crippen molar-refractivity contribution in [3.8, 4) is 0 Å². The SMILES string of the molecule is NC1CCCN2CCc3cccc(Cl)c3C12. The Morgan fingerprint density at radius 3 is 3.06 bits per heavy atom. The van der Waals surface area contributed by atoms with Crippen LogP contribution in [-0.4, -0.2) is 24.0 Å². The predicted octanol–water partition coefficient (Wildman–Crippen LogP) is 2.36. The van der Waals surface area contributed by atoms with E-state index in [2.05, 4.69) is 11.0 Å². The Kier molecular flexibility index (Phi) is 2.66. The maximum absolute atomic E-state index is 6.35. The van der Waals surface area contributed by atoms with Gasteiger partial charge in [-0.15, -0.1) is 0 Å². The van der Waals surface area contributed by atoms with Crippen LogP contribution in [0.3, 0.4) is 0 Å². The molecular formula is C13H17ClN2. The predicted molar refractivity (Wildman–Crippen MR) is 66.7 cm³/mol. The lowest BCUT2D eigenvalue weighted by Gasteiger charge is -2.44. The maximum atomic E-state index is 6.35. The molecular weight excluding hydrogens is 220 g/mol. The molecule has 0 radical (unpaired) electrons. The topological polar surface area (TPSA) is 29.3 Å². The molecule has 2 N–H and O–H groups in total. The van der Waals surface area contributed by atoms with Crippen molar-refractivity contribution < 1.29 is 0 Å². The van der Waals surface area contributed by atoms with Crippen LogP contribution in [0.4, 0.5) is 0 Å². The van der Waals surface area contributed by atoms with E-state index in [1.807, 2.05) is 12.1 Å². The molecule has 1 saturated heterocycles. The van der Waals surface area contributed by atoms with Gasteiger partial charge in [-0.05, 0) is 43.0 Å². The summed E-state index contributed by atoms with van der Waals surface area (Å²) in [6, 6.07) is 6.83. The number of rotatable bonds is 0. The summed E-state index contributed by atoms with van der Waals surface area (Å²) >= 11 is 6.35. The standard InChI is InChI=1S/C13H17ClN2/c14-10-4-1-3-9-6-8-16-7-2-5-11(15)13(16)12(9)10/h1,3-4,11,13H,2,5-8,15H2. The van der Waals surface area contributed by atoms with Gasteiger partial charge >= 0.3 is 0 Å².